The lowest BCUT2D eigenvalue weighted by Crippen LogP contribution is -2.46. The number of nitrogens with zero attached hydrogens (tertiary/aromatic N) is 4. The Balaban J connectivity index is 1.38. The Bertz CT molecular complexity index is 906. The molecule has 7 heteroatoms. The van der Waals surface area contributed by atoms with Gasteiger partial charge in [0.2, 0.25) is 0 Å². The monoisotopic (exact) mass is 368 g/mol. The lowest BCUT2D eigenvalue weighted by atomic mass is 10.2. The molecular formula is C20H21FN4O2. The van der Waals surface area contributed by atoms with E-state index in [-0.39, 0.29) is 11.7 Å². The summed E-state index contributed by atoms with van der Waals surface area (Å²) < 4.78 is 24.6. The molecule has 27 heavy (non-hydrogen) atoms. The average Bonchev–Trinajstić information content (AvgIpc) is 3.17. The zero-order valence-electron chi connectivity index (χ0n) is 15.1. The molecule has 2 heterocycles. The summed E-state index contributed by atoms with van der Waals surface area (Å²) in [5.74, 6) is 1.31. The van der Waals surface area contributed by atoms with E-state index in [1.165, 1.54) is 6.07 Å². The van der Waals surface area contributed by atoms with Crippen molar-refractivity contribution in [1.29, 1.82) is 0 Å². The number of methoxy groups -OCH3 is 1. The van der Waals surface area contributed by atoms with Crippen LogP contribution >= 0.6 is 0 Å². The van der Waals surface area contributed by atoms with Gasteiger partial charge in [-0.1, -0.05) is 29.4 Å². The Morgan fingerprint density at radius 3 is 2.56 bits per heavy atom. The second-order valence-electron chi connectivity index (χ2n) is 6.43. The van der Waals surface area contributed by atoms with Gasteiger partial charge in [-0.15, -0.1) is 0 Å². The maximum absolute atomic E-state index is 13.9. The lowest BCUT2D eigenvalue weighted by molar-refractivity contribution is 0.239. The molecule has 140 valence electrons. The van der Waals surface area contributed by atoms with Crippen molar-refractivity contribution in [1.82, 2.24) is 15.0 Å². The number of rotatable bonds is 5. The first-order valence-corrected chi connectivity index (χ1v) is 8.92. The number of hydrogen-bond acceptors (Lipinski definition) is 6. The predicted molar refractivity (Wildman–Crippen MR) is 100 cm³/mol. The van der Waals surface area contributed by atoms with Gasteiger partial charge in [-0.05, 0) is 24.3 Å². The Hall–Kier alpha value is -2.93. The minimum atomic E-state index is -0.363. The van der Waals surface area contributed by atoms with E-state index >= 15 is 0 Å². The lowest BCUT2D eigenvalue weighted by Gasteiger charge is -2.36. The van der Waals surface area contributed by atoms with E-state index in [4.69, 9.17) is 9.26 Å². The molecule has 4 rings (SSSR count). The fourth-order valence-electron chi connectivity index (χ4n) is 3.30. The highest BCUT2D eigenvalue weighted by molar-refractivity contribution is 5.58. The van der Waals surface area contributed by atoms with Gasteiger partial charge in [-0.3, -0.25) is 4.90 Å². The fourth-order valence-corrected chi connectivity index (χ4v) is 3.30. The van der Waals surface area contributed by atoms with E-state index in [0.717, 1.165) is 37.6 Å². The summed E-state index contributed by atoms with van der Waals surface area (Å²) in [4.78, 5) is 8.93. The van der Waals surface area contributed by atoms with Crippen LogP contribution in [0, 0.1) is 5.82 Å². The molecule has 0 radical (unpaired) electrons. The van der Waals surface area contributed by atoms with Gasteiger partial charge in [-0.2, -0.15) is 4.98 Å². The third-order valence-electron chi connectivity index (χ3n) is 4.74. The zero-order valence-corrected chi connectivity index (χ0v) is 15.1. The van der Waals surface area contributed by atoms with Crippen LogP contribution in [-0.2, 0) is 6.54 Å². The summed E-state index contributed by atoms with van der Waals surface area (Å²) in [5.41, 5.74) is 1.44. The normalized spacial score (nSPS) is 15.1. The largest absolute Gasteiger partial charge is 0.495 e. The van der Waals surface area contributed by atoms with E-state index in [9.17, 15) is 4.39 Å². The summed E-state index contributed by atoms with van der Waals surface area (Å²) in [5, 5.41) is 4.00. The molecule has 1 fully saturated rings. The Kier molecular flexibility index (Phi) is 5.02. The van der Waals surface area contributed by atoms with Crippen molar-refractivity contribution < 1.29 is 13.7 Å². The van der Waals surface area contributed by atoms with E-state index in [1.807, 2.05) is 18.2 Å². The summed E-state index contributed by atoms with van der Waals surface area (Å²) in [6.07, 6.45) is 0. The first-order valence-electron chi connectivity index (χ1n) is 8.92. The van der Waals surface area contributed by atoms with E-state index in [0.29, 0.717) is 17.9 Å². The maximum atomic E-state index is 13.9. The van der Waals surface area contributed by atoms with Gasteiger partial charge in [0.05, 0.1) is 24.9 Å². The minimum Gasteiger partial charge on any atom is -0.495 e. The van der Waals surface area contributed by atoms with Crippen LogP contribution in [0.1, 0.15) is 5.82 Å². The molecule has 0 saturated carbocycles. The highest BCUT2D eigenvalue weighted by atomic mass is 19.1. The van der Waals surface area contributed by atoms with Gasteiger partial charge >= 0.3 is 0 Å². The van der Waals surface area contributed by atoms with E-state index in [1.54, 1.807) is 25.3 Å². The molecule has 0 atom stereocenters. The van der Waals surface area contributed by atoms with Crippen LogP contribution in [0.5, 0.6) is 5.75 Å². The molecule has 3 aromatic rings. The Morgan fingerprint density at radius 2 is 1.78 bits per heavy atom. The van der Waals surface area contributed by atoms with Gasteiger partial charge in [-0.25, -0.2) is 4.39 Å². The second kappa shape index (κ2) is 7.75. The van der Waals surface area contributed by atoms with E-state index < -0.39 is 0 Å². The molecule has 1 aromatic heterocycles. The number of aromatic nitrogens is 2. The molecule has 0 amide bonds. The molecule has 0 unspecified atom stereocenters. The number of hydrogen-bond donors (Lipinski definition) is 0. The molecule has 2 aromatic carbocycles. The molecular weight excluding hydrogens is 347 g/mol. The van der Waals surface area contributed by atoms with E-state index in [2.05, 4.69) is 26.0 Å². The number of halogens is 1. The van der Waals surface area contributed by atoms with Crippen molar-refractivity contribution in [2.45, 2.75) is 6.54 Å². The third kappa shape index (κ3) is 3.78. The Labute approximate surface area is 157 Å². The van der Waals surface area contributed by atoms with Gasteiger partial charge in [0.1, 0.15) is 11.6 Å². The highest BCUT2D eigenvalue weighted by Crippen LogP contribution is 2.28. The van der Waals surface area contributed by atoms with Crippen LogP contribution in [0.3, 0.4) is 0 Å². The van der Waals surface area contributed by atoms with Crippen molar-refractivity contribution in [2.75, 3.05) is 38.2 Å². The summed E-state index contributed by atoms with van der Waals surface area (Å²) in [6, 6.07) is 14.5. The molecule has 0 spiro atoms. The van der Waals surface area contributed by atoms with Crippen molar-refractivity contribution >= 4 is 5.69 Å². The first kappa shape index (κ1) is 17.5. The van der Waals surface area contributed by atoms with Gasteiger partial charge < -0.3 is 14.2 Å². The van der Waals surface area contributed by atoms with Gasteiger partial charge in [0.15, 0.2) is 5.82 Å². The van der Waals surface area contributed by atoms with Crippen LogP contribution in [0.4, 0.5) is 10.1 Å². The number of benzene rings is 2. The standard InChI is InChI=1S/C20H21FN4O2/c1-26-18-9-5-4-8-17(18)25-12-10-24(11-13-25)14-19-22-20(27-23-19)15-6-2-3-7-16(15)21/h2-9H,10-14H2,1H3. The number of para-hydroxylation sites is 2. The van der Waals surface area contributed by atoms with Crippen LogP contribution in [-0.4, -0.2) is 48.3 Å². The van der Waals surface area contributed by atoms with Crippen LogP contribution in [0.15, 0.2) is 53.1 Å². The highest BCUT2D eigenvalue weighted by Gasteiger charge is 2.21. The first-order chi connectivity index (χ1) is 13.2. The van der Waals surface area contributed by atoms with Crippen LogP contribution in [0.2, 0.25) is 0 Å². The summed E-state index contributed by atoms with van der Waals surface area (Å²) in [6.45, 7) is 4.11. The number of ether oxygens (including phenoxy) is 1. The molecule has 1 aliphatic heterocycles. The SMILES string of the molecule is COc1ccccc1N1CCN(Cc2noc(-c3ccccc3F)n2)CC1. The average molecular weight is 368 g/mol. The van der Waals surface area contributed by atoms with Crippen LogP contribution < -0.4 is 9.64 Å². The van der Waals surface area contributed by atoms with Crippen molar-refractivity contribution in [3.05, 3.63) is 60.2 Å². The minimum absolute atomic E-state index is 0.218. The van der Waals surface area contributed by atoms with Crippen LogP contribution in [0.25, 0.3) is 11.5 Å². The number of anilines is 1. The molecule has 0 aliphatic carbocycles. The van der Waals surface area contributed by atoms with Gasteiger partial charge in [0.25, 0.3) is 5.89 Å². The summed E-state index contributed by atoms with van der Waals surface area (Å²) in [7, 11) is 1.69. The van der Waals surface area contributed by atoms with Crippen molar-refractivity contribution in [3.63, 3.8) is 0 Å². The van der Waals surface area contributed by atoms with Crippen molar-refractivity contribution in [3.8, 4) is 17.2 Å². The van der Waals surface area contributed by atoms with Crippen molar-refractivity contribution in [2.24, 2.45) is 0 Å². The fraction of sp³-hybridized carbons (Fsp3) is 0.300. The second-order valence-corrected chi connectivity index (χ2v) is 6.43. The Morgan fingerprint density at radius 1 is 1.04 bits per heavy atom. The molecule has 1 aliphatic rings. The topological polar surface area (TPSA) is 54.6 Å². The smallest absolute Gasteiger partial charge is 0.260 e. The zero-order chi connectivity index (χ0) is 18.6. The number of piperazine rings is 1. The summed E-state index contributed by atoms with van der Waals surface area (Å²) >= 11 is 0. The predicted octanol–water partition coefficient (Wildman–Crippen LogP) is 3.21. The molecule has 6 nitrogen and oxygen atoms in total. The quantitative estimate of drug-likeness (QED) is 0.689. The molecule has 1 saturated heterocycles. The maximum Gasteiger partial charge on any atom is 0.260 e. The van der Waals surface area contributed by atoms with Gasteiger partial charge in [0, 0.05) is 26.2 Å². The molecule has 0 N–H and O–H groups in total. The third-order valence-corrected chi connectivity index (χ3v) is 4.74. The molecule has 0 bridgehead atoms.